The summed E-state index contributed by atoms with van der Waals surface area (Å²) in [5.74, 6) is -96.8. The van der Waals surface area contributed by atoms with Gasteiger partial charge in [-0.15, -0.1) is 0 Å². The zero-order valence-electron chi connectivity index (χ0n) is 20.4. The van der Waals surface area contributed by atoms with Gasteiger partial charge in [0, 0.05) is 6.42 Å². The van der Waals surface area contributed by atoms with Gasteiger partial charge in [-0.05, 0) is 0 Å². The highest BCUT2D eigenvalue weighted by Crippen LogP contribution is 2.67. The van der Waals surface area contributed by atoms with E-state index in [1.165, 1.54) is 0 Å². The van der Waals surface area contributed by atoms with Gasteiger partial charge in [0.1, 0.15) is 6.10 Å². The topological polar surface area (TPSA) is 42.0 Å². The Morgan fingerprint density at radius 2 is 0.822 bits per heavy atom. The van der Waals surface area contributed by atoms with Gasteiger partial charge >= 0.3 is 71.6 Å². The normalized spacial score (nSPS) is 19.7. The molecule has 1 aliphatic heterocycles. The van der Waals surface area contributed by atoms with Crippen LogP contribution in [-0.2, 0) is 9.47 Å². The van der Waals surface area contributed by atoms with Crippen LogP contribution in [0.1, 0.15) is 6.42 Å². The van der Waals surface area contributed by atoms with E-state index in [-0.39, 0.29) is 6.61 Å². The van der Waals surface area contributed by atoms with Crippen LogP contribution in [0.25, 0.3) is 0 Å². The maximum absolute atomic E-state index is 14.0. The summed E-state index contributed by atoms with van der Waals surface area (Å²) in [4.78, 5) is 0. The van der Waals surface area contributed by atoms with E-state index in [2.05, 4.69) is 9.47 Å². The predicted octanol–water partition coefficient (Wildman–Crippen LogP) is 7.41. The molecular formula is C18H12F24O3. The molecule has 0 amide bonds. The van der Waals surface area contributed by atoms with Gasteiger partial charge in [0.05, 0.1) is 25.9 Å². The van der Waals surface area contributed by atoms with Crippen LogP contribution in [0.4, 0.5) is 105 Å². The second-order valence-corrected chi connectivity index (χ2v) is 9.10. The van der Waals surface area contributed by atoms with E-state index in [1.807, 2.05) is 0 Å². The summed E-state index contributed by atoms with van der Waals surface area (Å²) in [5.41, 5.74) is 0. The Morgan fingerprint density at radius 1 is 0.533 bits per heavy atom. The monoisotopic (exact) mass is 732 g/mol. The lowest BCUT2D eigenvalue weighted by molar-refractivity contribution is -0.476. The Kier molecular flexibility index (Phi) is 10.5. The van der Waals surface area contributed by atoms with E-state index < -0.39 is 103 Å². The molecule has 1 aliphatic rings. The summed E-state index contributed by atoms with van der Waals surface area (Å²) in [7, 11) is 0. The minimum absolute atomic E-state index is 0.208. The van der Waals surface area contributed by atoms with Crippen LogP contribution < -0.4 is 0 Å². The summed E-state index contributed by atoms with van der Waals surface area (Å²) >= 11 is 0. The van der Waals surface area contributed by atoms with Crippen molar-refractivity contribution < 1.29 is 120 Å². The third kappa shape index (κ3) is 5.72. The van der Waals surface area contributed by atoms with Crippen LogP contribution in [0.15, 0.2) is 0 Å². The number of aliphatic hydroxyl groups is 1. The van der Waals surface area contributed by atoms with Gasteiger partial charge < -0.3 is 14.6 Å². The number of epoxide rings is 1. The molecule has 27 heteroatoms. The molecule has 45 heavy (non-hydrogen) atoms. The van der Waals surface area contributed by atoms with Crippen molar-refractivity contribution >= 4 is 0 Å². The van der Waals surface area contributed by atoms with E-state index in [0.29, 0.717) is 0 Å². The van der Waals surface area contributed by atoms with E-state index >= 15 is 0 Å². The molecule has 3 nitrogen and oxygen atoms in total. The number of ether oxygens (including phenoxy) is 2. The SMILES string of the molecule is OCC(CC(F)(F)C(F)(F)C(F)(F)C(F)(F)C(F)(F)C(F)(F)C(F)(F)C(F)(F)C(F)(F)C(F)(F)C(F)(F)C(F)F)OCC1CO1. The molecule has 1 N–H and O–H groups in total. The number of aliphatic hydroxyl groups excluding tert-OH is 1. The molecule has 1 rings (SSSR count). The molecule has 0 spiro atoms. The number of rotatable bonds is 17. The molecule has 0 saturated carbocycles. The molecule has 1 saturated heterocycles. The Bertz CT molecular complexity index is 1030. The Morgan fingerprint density at radius 3 is 1.09 bits per heavy atom. The van der Waals surface area contributed by atoms with E-state index in [0.717, 1.165) is 0 Å². The number of hydrogen-bond donors (Lipinski definition) is 1. The van der Waals surface area contributed by atoms with Crippen molar-refractivity contribution in [3.63, 3.8) is 0 Å². The lowest BCUT2D eigenvalue weighted by Crippen LogP contribution is -2.78. The third-order valence-electron chi connectivity index (χ3n) is 5.91. The molecule has 1 fully saturated rings. The van der Waals surface area contributed by atoms with Crippen molar-refractivity contribution in [2.45, 2.75) is 90.2 Å². The molecule has 0 aromatic carbocycles. The summed E-state index contributed by atoms with van der Waals surface area (Å²) in [6.45, 7) is -3.01. The first-order valence-electron chi connectivity index (χ1n) is 10.7. The highest BCUT2D eigenvalue weighted by molar-refractivity contribution is 5.19. The maximum atomic E-state index is 14.0. The largest absolute Gasteiger partial charge is 0.394 e. The number of halogens is 24. The van der Waals surface area contributed by atoms with Crippen LogP contribution in [0.5, 0.6) is 0 Å². The van der Waals surface area contributed by atoms with Crippen molar-refractivity contribution in [1.29, 1.82) is 0 Å². The van der Waals surface area contributed by atoms with Crippen LogP contribution in [-0.4, -0.2) is 109 Å². The Balaban J connectivity index is 3.69. The minimum atomic E-state index is -9.51. The summed E-state index contributed by atoms with van der Waals surface area (Å²) < 4.78 is 333. The van der Waals surface area contributed by atoms with Crippen LogP contribution in [0.3, 0.4) is 0 Å². The molecule has 0 aromatic heterocycles. The molecule has 2 unspecified atom stereocenters. The zero-order valence-corrected chi connectivity index (χ0v) is 20.4. The highest BCUT2D eigenvalue weighted by Gasteiger charge is 2.98. The molecule has 0 aromatic rings. The molecule has 0 radical (unpaired) electrons. The standard InChI is InChI=1S/C18H12F24O3/c19-7(20)9(23,24)11(27,28)13(31,32)15(35,36)17(39,40)18(41,42)16(37,38)14(33,34)12(29,30)10(25,26)8(21,22)1-5(2-43)44-3-6-4-45-6/h5-7,43H,1-4H2. The lowest BCUT2D eigenvalue weighted by atomic mass is 9.84. The first kappa shape index (κ1) is 41.2. The minimum Gasteiger partial charge on any atom is -0.394 e. The average Bonchev–Trinajstić information content (AvgIpc) is 3.69. The molecule has 2 atom stereocenters. The summed E-state index contributed by atoms with van der Waals surface area (Å²) in [6.07, 6.45) is -13.2. The van der Waals surface area contributed by atoms with Crippen molar-refractivity contribution in [2.24, 2.45) is 0 Å². The molecular weight excluding hydrogens is 720 g/mol. The molecule has 1 heterocycles. The molecule has 270 valence electrons. The predicted molar refractivity (Wildman–Crippen MR) is 91.6 cm³/mol. The van der Waals surface area contributed by atoms with Crippen molar-refractivity contribution in [3.05, 3.63) is 0 Å². The van der Waals surface area contributed by atoms with Crippen molar-refractivity contribution in [3.8, 4) is 0 Å². The second kappa shape index (κ2) is 11.4. The van der Waals surface area contributed by atoms with Gasteiger partial charge in [0.2, 0.25) is 0 Å². The smallest absolute Gasteiger partial charge is 0.385 e. The van der Waals surface area contributed by atoms with Crippen LogP contribution in [0.2, 0.25) is 0 Å². The van der Waals surface area contributed by atoms with Gasteiger partial charge in [-0.1, -0.05) is 0 Å². The lowest BCUT2D eigenvalue weighted by Gasteiger charge is -2.45. The van der Waals surface area contributed by atoms with Gasteiger partial charge in [0.25, 0.3) is 0 Å². The van der Waals surface area contributed by atoms with Gasteiger partial charge in [0.15, 0.2) is 0 Å². The van der Waals surface area contributed by atoms with E-state index in [1.54, 1.807) is 0 Å². The van der Waals surface area contributed by atoms with Gasteiger partial charge in [-0.2, -0.15) is 96.6 Å². The maximum Gasteiger partial charge on any atom is 0.385 e. The zero-order chi connectivity index (χ0) is 36.5. The average molecular weight is 732 g/mol. The van der Waals surface area contributed by atoms with Gasteiger partial charge in [-0.3, -0.25) is 0 Å². The quantitative estimate of drug-likeness (QED) is 0.125. The Labute approximate surface area is 231 Å². The fraction of sp³-hybridized carbons (Fsp3) is 1.00. The van der Waals surface area contributed by atoms with Crippen molar-refractivity contribution in [1.82, 2.24) is 0 Å². The first-order valence-corrected chi connectivity index (χ1v) is 10.7. The van der Waals surface area contributed by atoms with Gasteiger partial charge in [-0.25, -0.2) is 8.78 Å². The molecule has 0 bridgehead atoms. The second-order valence-electron chi connectivity index (χ2n) is 9.10. The highest BCUT2D eigenvalue weighted by atomic mass is 19.4. The van der Waals surface area contributed by atoms with E-state index in [4.69, 9.17) is 5.11 Å². The van der Waals surface area contributed by atoms with E-state index in [9.17, 15) is 105 Å². The number of alkyl halides is 24. The van der Waals surface area contributed by atoms with Crippen LogP contribution >= 0.6 is 0 Å². The summed E-state index contributed by atoms with van der Waals surface area (Å²) in [6, 6.07) is 0. The Hall–Kier alpha value is -1.80. The fourth-order valence-corrected chi connectivity index (χ4v) is 2.95. The van der Waals surface area contributed by atoms with Crippen molar-refractivity contribution in [2.75, 3.05) is 19.8 Å². The number of hydrogen-bond acceptors (Lipinski definition) is 3. The first-order chi connectivity index (χ1) is 19.5. The fourth-order valence-electron chi connectivity index (χ4n) is 2.95. The molecule has 0 aliphatic carbocycles. The summed E-state index contributed by atoms with van der Waals surface area (Å²) in [5, 5.41) is 8.80. The van der Waals surface area contributed by atoms with Crippen LogP contribution in [0, 0.1) is 0 Å². The third-order valence-corrected chi connectivity index (χ3v) is 5.91.